The molecule has 0 fully saturated rings. The highest BCUT2D eigenvalue weighted by molar-refractivity contribution is 7.17. The Morgan fingerprint density at radius 2 is 1.28 bits per heavy atom. The number of thiophene rings is 1. The molecule has 0 bridgehead atoms. The number of hydrogen-bond acceptors (Lipinski definition) is 3. The van der Waals surface area contributed by atoms with Gasteiger partial charge in [-0.2, -0.15) is 0 Å². The SMILES string of the molecule is CCCCCCCCCCCCCCCCOc1sc(C(=O)O)c2ccccc12. The number of aromatic carboxylic acids is 1. The molecule has 0 saturated carbocycles. The lowest BCUT2D eigenvalue weighted by Crippen LogP contribution is -1.96. The van der Waals surface area contributed by atoms with Crippen LogP contribution in [0.4, 0.5) is 0 Å². The summed E-state index contributed by atoms with van der Waals surface area (Å²) >= 11 is 1.25. The van der Waals surface area contributed by atoms with Crippen LogP contribution in [0.1, 0.15) is 106 Å². The molecule has 1 aromatic carbocycles. The van der Waals surface area contributed by atoms with Gasteiger partial charge >= 0.3 is 5.97 Å². The Morgan fingerprint density at radius 3 is 1.79 bits per heavy atom. The van der Waals surface area contributed by atoms with Crippen LogP contribution in [0.15, 0.2) is 24.3 Å². The highest BCUT2D eigenvalue weighted by Gasteiger charge is 2.16. The van der Waals surface area contributed by atoms with Crippen LogP contribution < -0.4 is 4.74 Å². The van der Waals surface area contributed by atoms with Crippen molar-refractivity contribution < 1.29 is 14.6 Å². The first-order chi connectivity index (χ1) is 14.2. The Labute approximate surface area is 180 Å². The van der Waals surface area contributed by atoms with Gasteiger partial charge in [0, 0.05) is 10.8 Å². The van der Waals surface area contributed by atoms with Gasteiger partial charge in [0.25, 0.3) is 0 Å². The van der Waals surface area contributed by atoms with Gasteiger partial charge in [0.1, 0.15) is 4.88 Å². The summed E-state index contributed by atoms with van der Waals surface area (Å²) in [6.45, 7) is 2.94. The molecule has 4 heteroatoms. The molecule has 0 spiro atoms. The summed E-state index contributed by atoms with van der Waals surface area (Å²) in [6.07, 6.45) is 18.8. The zero-order chi connectivity index (χ0) is 20.7. The summed E-state index contributed by atoms with van der Waals surface area (Å²) < 4.78 is 5.91. The first kappa shape index (κ1) is 23.7. The van der Waals surface area contributed by atoms with Crippen molar-refractivity contribution >= 4 is 28.1 Å². The van der Waals surface area contributed by atoms with Crippen LogP contribution in [0.2, 0.25) is 0 Å². The molecular weight excluding hydrogens is 380 g/mol. The van der Waals surface area contributed by atoms with Crippen molar-refractivity contribution in [3.8, 4) is 5.06 Å². The summed E-state index contributed by atoms with van der Waals surface area (Å²) in [6, 6.07) is 7.60. The fourth-order valence-corrected chi connectivity index (χ4v) is 4.78. The Bertz CT molecular complexity index is 707. The average molecular weight is 419 g/mol. The van der Waals surface area contributed by atoms with E-state index < -0.39 is 5.97 Å². The molecule has 0 radical (unpaired) electrons. The summed E-state index contributed by atoms with van der Waals surface area (Å²) in [5.41, 5.74) is 0. The second-order valence-corrected chi connectivity index (χ2v) is 9.00. The zero-order valence-corrected chi connectivity index (χ0v) is 18.9. The van der Waals surface area contributed by atoms with Gasteiger partial charge in [-0.3, -0.25) is 0 Å². The lowest BCUT2D eigenvalue weighted by Gasteiger charge is -2.05. The fraction of sp³-hybridized carbons (Fsp3) is 0.640. The van der Waals surface area contributed by atoms with Gasteiger partial charge in [-0.05, 0) is 12.5 Å². The van der Waals surface area contributed by atoms with Gasteiger partial charge in [-0.25, -0.2) is 4.79 Å². The van der Waals surface area contributed by atoms with Crippen molar-refractivity contribution in [1.29, 1.82) is 0 Å². The number of carbonyl (C=O) groups is 1. The van der Waals surface area contributed by atoms with Gasteiger partial charge in [0.15, 0.2) is 5.06 Å². The third kappa shape index (κ3) is 8.77. The standard InChI is InChI=1S/C25H38O3S/c1-2-3-4-5-6-7-8-9-10-11-12-13-14-17-20-28-25-22-19-16-15-18-21(22)23(29-25)24(26)27/h15-16,18-19H,2-14,17,20H2,1H3,(H,26,27). The summed E-state index contributed by atoms with van der Waals surface area (Å²) in [5, 5.41) is 11.8. The molecular formula is C25H38O3S. The number of benzene rings is 1. The monoisotopic (exact) mass is 418 g/mol. The fourth-order valence-electron chi connectivity index (χ4n) is 3.79. The summed E-state index contributed by atoms with van der Waals surface area (Å²) in [7, 11) is 0. The van der Waals surface area contributed by atoms with Crippen molar-refractivity contribution in [3.05, 3.63) is 29.1 Å². The predicted octanol–water partition coefficient (Wildman–Crippen LogP) is 8.46. The molecule has 0 atom stereocenters. The van der Waals surface area contributed by atoms with Crippen LogP contribution in [0.25, 0.3) is 10.8 Å². The number of carboxylic acid groups (broad SMARTS) is 1. The second-order valence-electron chi connectivity index (χ2n) is 8.01. The number of fused-ring (bicyclic) bond motifs is 1. The van der Waals surface area contributed by atoms with Crippen molar-refractivity contribution in [2.75, 3.05) is 6.61 Å². The molecule has 2 rings (SSSR count). The van der Waals surface area contributed by atoms with E-state index in [-0.39, 0.29) is 0 Å². The van der Waals surface area contributed by atoms with Crippen molar-refractivity contribution in [3.63, 3.8) is 0 Å². The van der Waals surface area contributed by atoms with Crippen LogP contribution in [0, 0.1) is 0 Å². The maximum atomic E-state index is 11.4. The van der Waals surface area contributed by atoms with E-state index in [0.29, 0.717) is 11.5 Å². The Morgan fingerprint density at radius 1 is 0.793 bits per heavy atom. The Balaban J connectivity index is 1.48. The minimum Gasteiger partial charge on any atom is -0.483 e. The first-order valence-corrected chi connectivity index (χ1v) is 12.4. The minimum atomic E-state index is -0.877. The maximum Gasteiger partial charge on any atom is 0.346 e. The number of unbranched alkanes of at least 4 members (excludes halogenated alkanes) is 13. The van der Waals surface area contributed by atoms with E-state index in [0.717, 1.165) is 22.3 Å². The highest BCUT2D eigenvalue weighted by atomic mass is 32.1. The van der Waals surface area contributed by atoms with Crippen LogP contribution in [-0.4, -0.2) is 17.7 Å². The molecule has 0 aliphatic rings. The van der Waals surface area contributed by atoms with E-state index in [9.17, 15) is 9.90 Å². The maximum absolute atomic E-state index is 11.4. The van der Waals surface area contributed by atoms with Gasteiger partial charge in [0.05, 0.1) is 6.61 Å². The summed E-state index contributed by atoms with van der Waals surface area (Å²) in [5.74, 6) is -0.877. The topological polar surface area (TPSA) is 46.5 Å². The molecule has 0 amide bonds. The quantitative estimate of drug-likeness (QED) is 0.262. The molecule has 3 nitrogen and oxygen atoms in total. The molecule has 0 aliphatic carbocycles. The van der Waals surface area contributed by atoms with E-state index in [1.807, 2.05) is 24.3 Å². The minimum absolute atomic E-state index is 0.372. The predicted molar refractivity (Wildman–Crippen MR) is 125 cm³/mol. The largest absolute Gasteiger partial charge is 0.483 e. The normalized spacial score (nSPS) is 11.2. The van der Waals surface area contributed by atoms with Crippen molar-refractivity contribution in [1.82, 2.24) is 0 Å². The van der Waals surface area contributed by atoms with Crippen LogP contribution in [-0.2, 0) is 0 Å². The molecule has 1 heterocycles. The third-order valence-corrected chi connectivity index (χ3v) is 6.63. The van der Waals surface area contributed by atoms with Gasteiger partial charge in [-0.1, -0.05) is 120 Å². The Kier molecular flexibility index (Phi) is 11.8. The smallest absolute Gasteiger partial charge is 0.346 e. The summed E-state index contributed by atoms with van der Waals surface area (Å²) in [4.78, 5) is 11.8. The number of rotatable bonds is 17. The van der Waals surface area contributed by atoms with Gasteiger partial charge in [-0.15, -0.1) is 0 Å². The van der Waals surface area contributed by atoms with E-state index in [1.54, 1.807) is 0 Å². The van der Waals surface area contributed by atoms with Crippen LogP contribution in [0.5, 0.6) is 5.06 Å². The molecule has 1 N–H and O–H groups in total. The van der Waals surface area contributed by atoms with E-state index in [1.165, 1.54) is 94.8 Å². The highest BCUT2D eigenvalue weighted by Crippen LogP contribution is 2.37. The van der Waals surface area contributed by atoms with Gasteiger partial charge < -0.3 is 9.84 Å². The zero-order valence-electron chi connectivity index (χ0n) is 18.1. The number of carboxylic acids is 1. The molecule has 1 aromatic heterocycles. The van der Waals surface area contributed by atoms with Crippen LogP contribution in [0.3, 0.4) is 0 Å². The first-order valence-electron chi connectivity index (χ1n) is 11.6. The lowest BCUT2D eigenvalue weighted by atomic mass is 10.0. The van der Waals surface area contributed by atoms with Crippen LogP contribution >= 0.6 is 11.3 Å². The van der Waals surface area contributed by atoms with Crippen molar-refractivity contribution in [2.45, 2.75) is 96.8 Å². The van der Waals surface area contributed by atoms with Gasteiger partial charge in [0.2, 0.25) is 0 Å². The second kappa shape index (κ2) is 14.4. The molecule has 0 aliphatic heterocycles. The lowest BCUT2D eigenvalue weighted by molar-refractivity contribution is 0.0704. The molecule has 0 saturated heterocycles. The van der Waals surface area contributed by atoms with E-state index >= 15 is 0 Å². The van der Waals surface area contributed by atoms with E-state index in [4.69, 9.17) is 4.74 Å². The molecule has 2 aromatic rings. The number of ether oxygens (including phenoxy) is 1. The van der Waals surface area contributed by atoms with E-state index in [2.05, 4.69) is 6.92 Å². The third-order valence-electron chi connectivity index (χ3n) is 5.51. The molecule has 162 valence electrons. The molecule has 29 heavy (non-hydrogen) atoms. The number of hydrogen-bond donors (Lipinski definition) is 1. The Hall–Kier alpha value is -1.55. The average Bonchev–Trinajstić information content (AvgIpc) is 3.10. The molecule has 0 unspecified atom stereocenters. The van der Waals surface area contributed by atoms with Crippen molar-refractivity contribution in [2.24, 2.45) is 0 Å².